The summed E-state index contributed by atoms with van der Waals surface area (Å²) in [5, 5.41) is 12.9. The highest BCUT2D eigenvalue weighted by atomic mass is 79.9. The van der Waals surface area contributed by atoms with Gasteiger partial charge in [-0.05, 0) is 39.4 Å². The smallest absolute Gasteiger partial charge is 0.272 e. The molecule has 1 aromatic carbocycles. The second kappa shape index (κ2) is 5.60. The van der Waals surface area contributed by atoms with Gasteiger partial charge in [0.1, 0.15) is 0 Å². The third-order valence-corrected chi connectivity index (χ3v) is 4.17. The van der Waals surface area contributed by atoms with E-state index >= 15 is 0 Å². The Balaban J connectivity index is 2.21. The van der Waals surface area contributed by atoms with Crippen molar-refractivity contribution >= 4 is 33.0 Å². The number of nitrogens with two attached hydrogens (primary N) is 1. The number of halogens is 1. The summed E-state index contributed by atoms with van der Waals surface area (Å²) < 4.78 is 1.01. The average Bonchev–Trinajstić information content (AvgIpc) is 2.76. The lowest BCUT2D eigenvalue weighted by molar-refractivity contribution is -0.385. The molecule has 0 bridgehead atoms. The third kappa shape index (κ3) is 2.95. The molecule has 4 nitrogen and oxygen atoms in total. The first-order chi connectivity index (χ1) is 8.58. The van der Waals surface area contributed by atoms with Crippen molar-refractivity contribution in [3.8, 4) is 0 Å². The number of thiophene rings is 1. The topological polar surface area (TPSA) is 69.2 Å². The summed E-state index contributed by atoms with van der Waals surface area (Å²) in [6, 6.07) is 8.43. The molecule has 1 aromatic heterocycles. The van der Waals surface area contributed by atoms with Gasteiger partial charge < -0.3 is 5.73 Å². The number of nitrogens with zero attached hydrogens (tertiary/aromatic N) is 1. The first kappa shape index (κ1) is 13.2. The van der Waals surface area contributed by atoms with Crippen LogP contribution in [0.5, 0.6) is 0 Å². The maximum absolute atomic E-state index is 10.9. The van der Waals surface area contributed by atoms with Crippen LogP contribution in [0.25, 0.3) is 0 Å². The lowest BCUT2D eigenvalue weighted by Crippen LogP contribution is -2.13. The van der Waals surface area contributed by atoms with E-state index in [1.165, 1.54) is 6.07 Å². The van der Waals surface area contributed by atoms with Crippen LogP contribution in [-0.2, 0) is 6.42 Å². The molecule has 0 spiro atoms. The van der Waals surface area contributed by atoms with Crippen LogP contribution < -0.4 is 5.73 Å². The van der Waals surface area contributed by atoms with Crippen LogP contribution in [-0.4, -0.2) is 4.92 Å². The standard InChI is InChI=1S/C12H11BrN2O2S/c13-12-6-9(7-18-12)10(14)5-8-3-1-2-4-11(8)15(16)17/h1-4,6-7,10H,5,14H2. The van der Waals surface area contributed by atoms with Gasteiger partial charge in [0.25, 0.3) is 5.69 Å². The Morgan fingerprint density at radius 2 is 2.17 bits per heavy atom. The van der Waals surface area contributed by atoms with Gasteiger partial charge >= 0.3 is 0 Å². The molecule has 0 amide bonds. The highest BCUT2D eigenvalue weighted by Crippen LogP contribution is 2.28. The molecule has 0 aliphatic carbocycles. The zero-order valence-corrected chi connectivity index (χ0v) is 11.8. The van der Waals surface area contributed by atoms with Crippen LogP contribution in [0, 0.1) is 10.1 Å². The predicted octanol–water partition coefficient (Wildman–Crippen LogP) is 3.66. The van der Waals surface area contributed by atoms with Crippen LogP contribution >= 0.6 is 27.3 Å². The Bertz CT molecular complexity index is 571. The van der Waals surface area contributed by atoms with E-state index in [1.54, 1.807) is 29.5 Å². The van der Waals surface area contributed by atoms with Gasteiger partial charge in [-0.3, -0.25) is 10.1 Å². The second-order valence-electron chi connectivity index (χ2n) is 3.88. The van der Waals surface area contributed by atoms with Crippen molar-refractivity contribution in [3.05, 3.63) is 60.7 Å². The van der Waals surface area contributed by atoms with Gasteiger partial charge in [-0.25, -0.2) is 0 Å². The fourth-order valence-electron chi connectivity index (χ4n) is 1.73. The third-order valence-electron chi connectivity index (χ3n) is 2.64. The Morgan fingerprint density at radius 1 is 1.44 bits per heavy atom. The fourth-order valence-corrected chi connectivity index (χ4v) is 2.97. The summed E-state index contributed by atoms with van der Waals surface area (Å²) in [4.78, 5) is 10.5. The molecule has 2 N–H and O–H groups in total. The minimum absolute atomic E-state index is 0.127. The fraction of sp³-hybridized carbons (Fsp3) is 0.167. The summed E-state index contributed by atoms with van der Waals surface area (Å²) in [7, 11) is 0. The number of nitro benzene ring substituents is 1. The van der Waals surface area contributed by atoms with Crippen molar-refractivity contribution < 1.29 is 4.92 Å². The molecule has 1 atom stereocenters. The molecule has 2 aromatic rings. The van der Waals surface area contributed by atoms with Gasteiger partial charge in [0.15, 0.2) is 0 Å². The van der Waals surface area contributed by atoms with E-state index in [4.69, 9.17) is 5.73 Å². The van der Waals surface area contributed by atoms with E-state index in [9.17, 15) is 10.1 Å². The zero-order valence-electron chi connectivity index (χ0n) is 9.38. The maximum Gasteiger partial charge on any atom is 0.272 e. The molecular weight excluding hydrogens is 316 g/mol. The molecular formula is C12H11BrN2O2S. The number of nitro groups is 1. The van der Waals surface area contributed by atoms with Crippen molar-refractivity contribution in [3.63, 3.8) is 0 Å². The lowest BCUT2D eigenvalue weighted by atomic mass is 10.0. The normalized spacial score (nSPS) is 12.3. The van der Waals surface area contributed by atoms with Gasteiger partial charge in [-0.2, -0.15) is 0 Å². The highest BCUT2D eigenvalue weighted by molar-refractivity contribution is 9.11. The molecule has 0 saturated carbocycles. The molecule has 94 valence electrons. The minimum Gasteiger partial charge on any atom is -0.324 e. The molecule has 0 saturated heterocycles. The van der Waals surface area contributed by atoms with E-state index in [-0.39, 0.29) is 16.7 Å². The number of hydrogen-bond acceptors (Lipinski definition) is 4. The molecule has 0 fully saturated rings. The van der Waals surface area contributed by atoms with Crippen molar-refractivity contribution in [1.29, 1.82) is 0 Å². The summed E-state index contributed by atoms with van der Waals surface area (Å²) >= 11 is 4.93. The lowest BCUT2D eigenvalue weighted by Gasteiger charge is -2.10. The highest BCUT2D eigenvalue weighted by Gasteiger charge is 2.16. The Hall–Kier alpha value is -1.24. The Morgan fingerprint density at radius 3 is 2.78 bits per heavy atom. The van der Waals surface area contributed by atoms with E-state index in [0.29, 0.717) is 12.0 Å². The Labute approximate surface area is 117 Å². The minimum atomic E-state index is -0.369. The van der Waals surface area contributed by atoms with Crippen LogP contribution in [0.4, 0.5) is 5.69 Å². The summed E-state index contributed by atoms with van der Waals surface area (Å²) in [5.41, 5.74) is 7.85. The molecule has 0 aliphatic heterocycles. The van der Waals surface area contributed by atoms with Crippen LogP contribution in [0.2, 0.25) is 0 Å². The largest absolute Gasteiger partial charge is 0.324 e. The predicted molar refractivity (Wildman–Crippen MR) is 75.7 cm³/mol. The number of hydrogen-bond donors (Lipinski definition) is 1. The zero-order chi connectivity index (χ0) is 13.1. The quantitative estimate of drug-likeness (QED) is 0.688. The number of rotatable bonds is 4. The van der Waals surface area contributed by atoms with E-state index in [2.05, 4.69) is 15.9 Å². The second-order valence-corrected chi connectivity index (χ2v) is 6.17. The molecule has 18 heavy (non-hydrogen) atoms. The molecule has 2 rings (SSSR count). The molecule has 0 radical (unpaired) electrons. The van der Waals surface area contributed by atoms with Crippen molar-refractivity contribution in [2.75, 3.05) is 0 Å². The Kier molecular flexibility index (Phi) is 4.11. The average molecular weight is 327 g/mol. The van der Waals surface area contributed by atoms with Gasteiger partial charge in [0.05, 0.1) is 8.71 Å². The van der Waals surface area contributed by atoms with E-state index < -0.39 is 0 Å². The SMILES string of the molecule is NC(Cc1ccccc1[N+](=O)[O-])c1csc(Br)c1. The monoisotopic (exact) mass is 326 g/mol. The maximum atomic E-state index is 10.9. The van der Waals surface area contributed by atoms with E-state index in [0.717, 1.165) is 9.35 Å². The van der Waals surface area contributed by atoms with Crippen molar-refractivity contribution in [2.45, 2.75) is 12.5 Å². The molecule has 1 heterocycles. The van der Waals surface area contributed by atoms with Crippen molar-refractivity contribution in [2.24, 2.45) is 5.73 Å². The van der Waals surface area contributed by atoms with Crippen LogP contribution in [0.1, 0.15) is 17.2 Å². The van der Waals surface area contributed by atoms with Crippen LogP contribution in [0.15, 0.2) is 39.5 Å². The van der Waals surface area contributed by atoms with Crippen molar-refractivity contribution in [1.82, 2.24) is 0 Å². The van der Waals surface area contributed by atoms with Crippen LogP contribution in [0.3, 0.4) is 0 Å². The summed E-state index contributed by atoms with van der Waals surface area (Å²) in [6.45, 7) is 0. The molecule has 0 aliphatic rings. The van der Waals surface area contributed by atoms with Gasteiger partial charge in [0.2, 0.25) is 0 Å². The molecule has 1 unspecified atom stereocenters. The number of benzene rings is 1. The van der Waals surface area contributed by atoms with E-state index in [1.807, 2.05) is 11.4 Å². The first-order valence-corrected chi connectivity index (χ1v) is 6.97. The van der Waals surface area contributed by atoms with Gasteiger partial charge in [-0.1, -0.05) is 18.2 Å². The molecule has 6 heteroatoms. The van der Waals surface area contributed by atoms with Gasteiger partial charge in [-0.15, -0.1) is 11.3 Å². The summed E-state index contributed by atoms with van der Waals surface area (Å²) in [5.74, 6) is 0. The van der Waals surface area contributed by atoms with Gasteiger partial charge in [0, 0.05) is 17.7 Å². The first-order valence-electron chi connectivity index (χ1n) is 5.29. The number of para-hydroxylation sites is 1. The summed E-state index contributed by atoms with van der Waals surface area (Å²) in [6.07, 6.45) is 0.459.